The molecule has 0 aromatic heterocycles. The molecule has 156 valence electrons. The summed E-state index contributed by atoms with van der Waals surface area (Å²) in [7, 11) is 3.31. The lowest BCUT2D eigenvalue weighted by Crippen LogP contribution is -2.44. The van der Waals surface area contributed by atoms with E-state index in [1.807, 2.05) is 31.2 Å². The molecule has 2 aromatic rings. The third-order valence-corrected chi connectivity index (χ3v) is 4.23. The Morgan fingerprint density at radius 2 is 1.76 bits per heavy atom. The summed E-state index contributed by atoms with van der Waals surface area (Å²) >= 11 is 0. The number of nitro benzene ring substituents is 1. The molecule has 1 unspecified atom stereocenters. The van der Waals surface area contributed by atoms with Crippen LogP contribution in [0.25, 0.3) is 0 Å². The highest BCUT2D eigenvalue weighted by atomic mass is 16.6. The van der Waals surface area contributed by atoms with Gasteiger partial charge in [-0.1, -0.05) is 24.3 Å². The molecular formula is C21H28N4O4. The normalized spacial score (nSPS) is 12.3. The van der Waals surface area contributed by atoms with Gasteiger partial charge in [-0.15, -0.1) is 0 Å². The molecule has 0 amide bonds. The first-order valence-electron chi connectivity index (χ1n) is 9.42. The molecule has 0 fully saturated rings. The van der Waals surface area contributed by atoms with Gasteiger partial charge in [0, 0.05) is 31.8 Å². The number of benzene rings is 2. The van der Waals surface area contributed by atoms with Crippen LogP contribution in [0.3, 0.4) is 0 Å². The second kappa shape index (κ2) is 11.7. The molecule has 0 aliphatic rings. The first-order chi connectivity index (χ1) is 14.0. The number of nitrogens with zero attached hydrogens (tertiary/aromatic N) is 2. The van der Waals surface area contributed by atoms with Gasteiger partial charge in [0.2, 0.25) is 0 Å². The molecule has 0 heterocycles. The molecule has 0 bridgehead atoms. The van der Waals surface area contributed by atoms with Gasteiger partial charge in [0.1, 0.15) is 5.75 Å². The molecule has 0 saturated heterocycles. The highest BCUT2D eigenvalue weighted by Gasteiger charge is 2.07. The topological polar surface area (TPSA) is 98.0 Å². The van der Waals surface area contributed by atoms with Gasteiger partial charge in [-0.25, -0.2) is 4.99 Å². The van der Waals surface area contributed by atoms with Crippen LogP contribution in [0.5, 0.6) is 5.75 Å². The van der Waals surface area contributed by atoms with Crippen molar-refractivity contribution < 1.29 is 14.4 Å². The van der Waals surface area contributed by atoms with Gasteiger partial charge in [0.25, 0.3) is 5.69 Å². The summed E-state index contributed by atoms with van der Waals surface area (Å²) in [5.74, 6) is 1.50. The zero-order chi connectivity index (χ0) is 21.1. The molecule has 8 heteroatoms. The van der Waals surface area contributed by atoms with Crippen LogP contribution < -0.4 is 15.4 Å². The second-order valence-electron chi connectivity index (χ2n) is 6.61. The summed E-state index contributed by atoms with van der Waals surface area (Å²) in [4.78, 5) is 15.0. The van der Waals surface area contributed by atoms with Gasteiger partial charge in [0.05, 0.1) is 25.2 Å². The van der Waals surface area contributed by atoms with E-state index in [4.69, 9.17) is 9.47 Å². The maximum Gasteiger partial charge on any atom is 0.269 e. The van der Waals surface area contributed by atoms with Gasteiger partial charge < -0.3 is 20.1 Å². The lowest BCUT2D eigenvalue weighted by atomic mass is 10.1. The van der Waals surface area contributed by atoms with Crippen molar-refractivity contribution in [2.45, 2.75) is 25.9 Å². The molecular weight excluding hydrogens is 372 g/mol. The fraction of sp³-hybridized carbons (Fsp3) is 0.381. The number of non-ortho nitro benzene ring substituents is 1. The molecule has 0 radical (unpaired) electrons. The van der Waals surface area contributed by atoms with Crippen molar-refractivity contribution in [2.24, 2.45) is 4.99 Å². The number of nitro groups is 1. The first-order valence-corrected chi connectivity index (χ1v) is 9.42. The third kappa shape index (κ3) is 7.79. The van der Waals surface area contributed by atoms with Crippen molar-refractivity contribution in [3.8, 4) is 5.75 Å². The van der Waals surface area contributed by atoms with Crippen LogP contribution in [0.2, 0.25) is 0 Å². The number of guanidine groups is 1. The monoisotopic (exact) mass is 400 g/mol. The molecule has 2 N–H and O–H groups in total. The van der Waals surface area contributed by atoms with Crippen LogP contribution in [0, 0.1) is 10.1 Å². The summed E-state index contributed by atoms with van der Waals surface area (Å²) in [6, 6.07) is 14.5. The number of rotatable bonds is 10. The number of methoxy groups -OCH3 is 2. The van der Waals surface area contributed by atoms with Gasteiger partial charge in [-0.3, -0.25) is 10.1 Å². The number of nitrogens with one attached hydrogen (secondary N) is 2. The summed E-state index contributed by atoms with van der Waals surface area (Å²) in [5.41, 5.74) is 2.16. The van der Waals surface area contributed by atoms with Crippen LogP contribution in [0.15, 0.2) is 53.5 Å². The smallest absolute Gasteiger partial charge is 0.269 e. The number of hydrogen-bond acceptors (Lipinski definition) is 5. The van der Waals surface area contributed by atoms with Crippen LogP contribution in [-0.2, 0) is 17.7 Å². The van der Waals surface area contributed by atoms with E-state index in [-0.39, 0.29) is 11.7 Å². The molecule has 8 nitrogen and oxygen atoms in total. The molecule has 0 aliphatic carbocycles. The number of aliphatic imine (C=N–C) groups is 1. The van der Waals surface area contributed by atoms with E-state index in [9.17, 15) is 10.1 Å². The number of ether oxygens (including phenoxy) is 2. The van der Waals surface area contributed by atoms with Gasteiger partial charge in [-0.05, 0) is 36.6 Å². The van der Waals surface area contributed by atoms with Crippen LogP contribution in [0.1, 0.15) is 18.1 Å². The summed E-state index contributed by atoms with van der Waals surface area (Å²) in [5, 5.41) is 17.4. The predicted molar refractivity (Wildman–Crippen MR) is 113 cm³/mol. The minimum Gasteiger partial charge on any atom is -0.497 e. The lowest BCUT2D eigenvalue weighted by Gasteiger charge is -2.18. The fourth-order valence-corrected chi connectivity index (χ4v) is 2.69. The lowest BCUT2D eigenvalue weighted by molar-refractivity contribution is -0.384. The first kappa shape index (κ1) is 22.2. The minimum absolute atomic E-state index is 0.0717. The quantitative estimate of drug-likeness (QED) is 0.275. The Bertz CT molecular complexity index is 791. The van der Waals surface area contributed by atoms with E-state index >= 15 is 0 Å². The Morgan fingerprint density at radius 1 is 1.10 bits per heavy atom. The van der Waals surface area contributed by atoms with Crippen molar-refractivity contribution in [2.75, 3.05) is 27.4 Å². The minimum atomic E-state index is -0.410. The summed E-state index contributed by atoms with van der Waals surface area (Å²) in [6.45, 7) is 3.68. The van der Waals surface area contributed by atoms with Crippen molar-refractivity contribution >= 4 is 11.6 Å². The molecule has 2 aromatic carbocycles. The predicted octanol–water partition coefficient (Wildman–Crippen LogP) is 2.92. The van der Waals surface area contributed by atoms with Gasteiger partial charge >= 0.3 is 0 Å². The van der Waals surface area contributed by atoms with Crippen molar-refractivity contribution in [1.82, 2.24) is 10.6 Å². The van der Waals surface area contributed by atoms with E-state index in [1.54, 1.807) is 26.4 Å². The molecule has 2 rings (SSSR count). The molecule has 0 saturated carbocycles. The third-order valence-electron chi connectivity index (χ3n) is 4.23. The average Bonchev–Trinajstić information content (AvgIpc) is 2.73. The zero-order valence-electron chi connectivity index (χ0n) is 17.1. The van der Waals surface area contributed by atoms with Crippen LogP contribution in [0.4, 0.5) is 5.69 Å². The van der Waals surface area contributed by atoms with Gasteiger partial charge in [0.15, 0.2) is 5.96 Å². The van der Waals surface area contributed by atoms with Crippen LogP contribution in [-0.4, -0.2) is 44.3 Å². The Labute approximate surface area is 171 Å². The molecule has 29 heavy (non-hydrogen) atoms. The number of hydrogen-bond donors (Lipinski definition) is 2. The van der Waals surface area contributed by atoms with E-state index in [0.29, 0.717) is 25.7 Å². The molecule has 1 atom stereocenters. The second-order valence-corrected chi connectivity index (χ2v) is 6.61. The maximum absolute atomic E-state index is 10.8. The van der Waals surface area contributed by atoms with E-state index in [2.05, 4.69) is 15.6 Å². The Balaban J connectivity index is 1.96. The highest BCUT2D eigenvalue weighted by molar-refractivity contribution is 5.80. The SMILES string of the molecule is COCC(C)NC(=NCc1ccc([N+](=O)[O-])cc1)NCCc1ccc(OC)cc1. The van der Waals surface area contributed by atoms with Gasteiger partial charge in [-0.2, -0.15) is 0 Å². The van der Waals surface area contributed by atoms with E-state index in [0.717, 1.165) is 17.7 Å². The van der Waals surface area contributed by atoms with Crippen molar-refractivity contribution in [3.63, 3.8) is 0 Å². The molecule has 0 spiro atoms. The highest BCUT2D eigenvalue weighted by Crippen LogP contribution is 2.13. The summed E-state index contributed by atoms with van der Waals surface area (Å²) < 4.78 is 10.4. The van der Waals surface area contributed by atoms with Crippen molar-refractivity contribution in [1.29, 1.82) is 0 Å². The average molecular weight is 400 g/mol. The Kier molecular flexibility index (Phi) is 8.91. The standard InChI is InChI=1S/C21H28N4O4/c1-16(15-28-2)24-21(22-13-12-17-6-10-20(29-3)11-7-17)23-14-18-4-8-19(9-5-18)25(26)27/h4-11,16H,12-15H2,1-3H3,(H2,22,23,24). The molecule has 0 aliphatic heterocycles. The summed E-state index contributed by atoms with van der Waals surface area (Å²) in [6.07, 6.45) is 0.834. The largest absolute Gasteiger partial charge is 0.497 e. The zero-order valence-corrected chi connectivity index (χ0v) is 17.1. The van der Waals surface area contributed by atoms with E-state index in [1.165, 1.54) is 17.7 Å². The van der Waals surface area contributed by atoms with E-state index < -0.39 is 4.92 Å². The van der Waals surface area contributed by atoms with Crippen LogP contribution >= 0.6 is 0 Å². The fourth-order valence-electron chi connectivity index (χ4n) is 2.69. The Morgan fingerprint density at radius 3 is 2.34 bits per heavy atom. The Hall–Kier alpha value is -3.13. The maximum atomic E-state index is 10.8. The van der Waals surface area contributed by atoms with Crippen molar-refractivity contribution in [3.05, 3.63) is 69.8 Å².